The minimum atomic E-state index is -0.299. The van der Waals surface area contributed by atoms with E-state index in [1.807, 2.05) is 0 Å². The maximum atomic E-state index is 13.8. The van der Waals surface area contributed by atoms with Crippen molar-refractivity contribution < 1.29 is 14.3 Å². The van der Waals surface area contributed by atoms with E-state index in [4.69, 9.17) is 26.1 Å². The highest BCUT2D eigenvalue weighted by Crippen LogP contribution is 2.56. The molecular weight excluding hydrogens is 868 g/mol. The van der Waals surface area contributed by atoms with E-state index < -0.39 is 0 Å². The van der Waals surface area contributed by atoms with E-state index in [1.54, 1.807) is 18.2 Å². The fourth-order valence-electron chi connectivity index (χ4n) is 13.6. The number of carbonyl (C=O) groups excluding carboxylic acids is 1. The van der Waals surface area contributed by atoms with Crippen molar-refractivity contribution in [3.8, 4) is 11.8 Å². The second kappa shape index (κ2) is 18.8. The van der Waals surface area contributed by atoms with Crippen LogP contribution in [0.2, 0.25) is 5.02 Å². The summed E-state index contributed by atoms with van der Waals surface area (Å²) in [6, 6.07) is 16.9. The molecule has 1 amide bonds. The first-order valence-electron chi connectivity index (χ1n) is 25.0. The molecule has 66 heavy (non-hydrogen) atoms. The molecule has 7 fully saturated rings. The molecular formula is C51H73ClN10O3S. The second-order valence-electron chi connectivity index (χ2n) is 22.3. The van der Waals surface area contributed by atoms with Crippen LogP contribution in [0.1, 0.15) is 97.3 Å². The van der Waals surface area contributed by atoms with Crippen molar-refractivity contribution in [3.63, 3.8) is 0 Å². The Hall–Kier alpha value is -2.81. The summed E-state index contributed by atoms with van der Waals surface area (Å²) in [5.41, 5.74) is 11.0. The van der Waals surface area contributed by atoms with Crippen LogP contribution in [0.15, 0.2) is 47.5 Å². The minimum Gasteiger partial charge on any atom is -0.489 e. The number of halogens is 1. The zero-order valence-electron chi connectivity index (χ0n) is 40.0. The first-order valence-corrected chi connectivity index (χ1v) is 26.3. The average Bonchev–Trinajstić information content (AvgIpc) is 4.01. The largest absolute Gasteiger partial charge is 0.489 e. The van der Waals surface area contributed by atoms with Crippen LogP contribution >= 0.6 is 23.4 Å². The predicted octanol–water partition coefficient (Wildman–Crippen LogP) is 5.89. The molecule has 2 saturated carbocycles. The summed E-state index contributed by atoms with van der Waals surface area (Å²) < 4.78 is 12.5. The van der Waals surface area contributed by atoms with Crippen LogP contribution in [0.4, 0.5) is 0 Å². The zero-order chi connectivity index (χ0) is 46.1. The topological polar surface area (TPSA) is 150 Å². The fraction of sp³-hybridized carbons (Fsp3) is 0.706. The highest BCUT2D eigenvalue weighted by atomic mass is 35.5. The molecule has 8 aliphatic rings. The molecule has 2 aromatic carbocycles. The van der Waals surface area contributed by atoms with Crippen molar-refractivity contribution >= 4 is 35.0 Å². The summed E-state index contributed by atoms with van der Waals surface area (Å²) in [5.74, 6) is 3.70. The summed E-state index contributed by atoms with van der Waals surface area (Å²) in [4.78, 5) is 24.7. The van der Waals surface area contributed by atoms with E-state index in [2.05, 4.69) is 132 Å². The number of piperidine rings is 1. The van der Waals surface area contributed by atoms with E-state index in [0.717, 1.165) is 56.8 Å². The number of benzene rings is 2. The maximum absolute atomic E-state index is 13.8. The summed E-state index contributed by atoms with van der Waals surface area (Å²) in [6.45, 7) is 20.9. The van der Waals surface area contributed by atoms with Crippen molar-refractivity contribution in [2.24, 2.45) is 51.3 Å². The number of nitrogens with one attached hydrogen (secondary N) is 6. The van der Waals surface area contributed by atoms with E-state index in [-0.39, 0.29) is 65.7 Å². The summed E-state index contributed by atoms with van der Waals surface area (Å²) >= 11 is 8.43. The first kappa shape index (κ1) is 46.9. The highest BCUT2D eigenvalue weighted by Gasteiger charge is 2.64. The third kappa shape index (κ3) is 8.86. The van der Waals surface area contributed by atoms with Gasteiger partial charge in [0.05, 0.1) is 46.9 Å². The molecule has 358 valence electrons. The van der Waals surface area contributed by atoms with Gasteiger partial charge in [-0.3, -0.25) is 35.5 Å². The number of aliphatic imine (C=N–C) groups is 1. The normalized spacial score (nSPS) is 39.6. The number of carbonyl (C=O) groups is 1. The summed E-state index contributed by atoms with van der Waals surface area (Å²) in [6.07, 6.45) is 7.52. The van der Waals surface area contributed by atoms with Gasteiger partial charge in [0.1, 0.15) is 30.4 Å². The number of hydrazine groups is 1. The Kier molecular flexibility index (Phi) is 13.4. The SMILES string of the molecule is CC1SC2C(C(c3ccc(CC4CC([C@@H]5CCCN(C6NCC(C(=O)NC7C(C)(C)C(Oc8ccc(C#N)c(Cl)c8)C7(C)C)CN6)C5)C4)cc3)=N[C@@H](CC3NCCO3)C3NNC(C)N23)C1C. The molecule has 7 unspecified atom stereocenters. The van der Waals surface area contributed by atoms with E-state index >= 15 is 0 Å². The van der Waals surface area contributed by atoms with Gasteiger partial charge in [-0.1, -0.05) is 77.4 Å². The van der Waals surface area contributed by atoms with Gasteiger partial charge in [0, 0.05) is 79.0 Å². The fourth-order valence-corrected chi connectivity index (χ4v) is 15.7. The number of hydrogen-bond acceptors (Lipinski definition) is 13. The molecule has 0 radical (unpaired) electrons. The van der Waals surface area contributed by atoms with Crippen LogP contribution < -0.4 is 36.9 Å². The molecule has 13 nitrogen and oxygen atoms in total. The molecule has 5 saturated heterocycles. The van der Waals surface area contributed by atoms with Gasteiger partial charge >= 0.3 is 0 Å². The van der Waals surface area contributed by atoms with Crippen molar-refractivity contribution in [3.05, 3.63) is 64.2 Å². The lowest BCUT2D eigenvalue weighted by molar-refractivity contribution is -0.174. The molecule has 6 N–H and O–H groups in total. The van der Waals surface area contributed by atoms with Crippen LogP contribution in [0.25, 0.3) is 0 Å². The van der Waals surface area contributed by atoms with Crippen LogP contribution in [-0.4, -0.2) is 114 Å². The minimum absolute atomic E-state index is 0.0421. The number of ether oxygens (including phenoxy) is 2. The number of rotatable bonds is 11. The van der Waals surface area contributed by atoms with Crippen LogP contribution in [-0.2, 0) is 16.0 Å². The summed E-state index contributed by atoms with van der Waals surface area (Å²) in [7, 11) is 0. The number of nitrogens with zero attached hydrogens (tertiary/aromatic N) is 4. The Morgan fingerprint density at radius 2 is 1.79 bits per heavy atom. The van der Waals surface area contributed by atoms with Crippen LogP contribution in [0.5, 0.6) is 5.75 Å². The van der Waals surface area contributed by atoms with Crippen molar-refractivity contribution in [1.29, 1.82) is 5.26 Å². The first-order chi connectivity index (χ1) is 31.7. The average molecular weight is 942 g/mol. The second-order valence-corrected chi connectivity index (χ2v) is 24.2. The van der Waals surface area contributed by atoms with E-state index in [0.29, 0.717) is 51.9 Å². The van der Waals surface area contributed by atoms with Gasteiger partial charge in [-0.2, -0.15) is 5.26 Å². The van der Waals surface area contributed by atoms with Gasteiger partial charge in [-0.25, -0.2) is 10.9 Å². The number of fused-ring (bicyclic) bond motifs is 3. The van der Waals surface area contributed by atoms with E-state index in [1.165, 1.54) is 42.5 Å². The van der Waals surface area contributed by atoms with Gasteiger partial charge in [0.25, 0.3) is 0 Å². The smallest absolute Gasteiger partial charge is 0.225 e. The van der Waals surface area contributed by atoms with Crippen LogP contribution in [0, 0.1) is 57.7 Å². The van der Waals surface area contributed by atoms with Crippen molar-refractivity contribution in [2.45, 2.75) is 141 Å². The molecule has 10 rings (SSSR count). The Labute approximate surface area is 402 Å². The van der Waals surface area contributed by atoms with E-state index in [9.17, 15) is 10.1 Å². The van der Waals surface area contributed by atoms with Crippen molar-refractivity contribution in [1.82, 2.24) is 41.9 Å². The Balaban J connectivity index is 0.702. The predicted molar refractivity (Wildman–Crippen MR) is 262 cm³/mol. The molecule has 0 spiro atoms. The number of amides is 1. The zero-order valence-corrected chi connectivity index (χ0v) is 41.6. The standard InChI is InChI=1S/C51H73ClN10O3S/c1-28-29(2)66-46-42(28)43(57-40(23-41-54-16-18-64-41)44-60-59-30(3)62(44)46)33-12-10-31(11-13-33)19-32-20-36(21-32)35-9-8-17-61(27-35)49-55-25-37(26-56-49)45(63)58-47-50(4,5)48(51(47,6)7)65-38-15-14-34(24-53)39(52)22-38/h10-15,22,28-30,32,35-37,40-42,44,46-49,54-56,59-60H,8-9,16-21,23,25-27H2,1-7H3,(H,58,63)/t28?,29?,30?,32?,35-,36?,37?,40+,41?,42?,44?,46?,47?,48?,49?/m1/s1. The molecule has 6 heterocycles. The van der Waals surface area contributed by atoms with Gasteiger partial charge in [0.15, 0.2) is 0 Å². The lowest BCUT2D eigenvalue weighted by atomic mass is 9.49. The number of nitriles is 1. The van der Waals surface area contributed by atoms with Gasteiger partial charge < -0.3 is 14.8 Å². The van der Waals surface area contributed by atoms with Gasteiger partial charge in [-0.05, 0) is 86.0 Å². The van der Waals surface area contributed by atoms with Gasteiger partial charge in [0.2, 0.25) is 5.91 Å². The van der Waals surface area contributed by atoms with Crippen LogP contribution in [0.3, 0.4) is 0 Å². The highest BCUT2D eigenvalue weighted by molar-refractivity contribution is 8.00. The third-order valence-electron chi connectivity index (χ3n) is 17.2. The monoisotopic (exact) mass is 941 g/mol. The molecule has 6 aliphatic heterocycles. The molecule has 0 bridgehead atoms. The quantitative estimate of drug-likeness (QED) is 0.160. The molecule has 15 heteroatoms. The third-order valence-corrected chi connectivity index (χ3v) is 19.2. The Morgan fingerprint density at radius 3 is 2.48 bits per heavy atom. The molecule has 2 aromatic rings. The molecule has 0 aromatic heterocycles. The van der Waals surface area contributed by atoms with Crippen molar-refractivity contribution in [2.75, 3.05) is 39.3 Å². The Bertz CT molecular complexity index is 2130. The summed E-state index contributed by atoms with van der Waals surface area (Å²) in [5, 5.41) is 25.0. The molecule has 2 aliphatic carbocycles. The number of hydrogen-bond donors (Lipinski definition) is 6. The molecule has 9 atom stereocenters. The lowest BCUT2D eigenvalue weighted by Crippen LogP contribution is -2.75. The van der Waals surface area contributed by atoms with Gasteiger partial charge in [-0.15, -0.1) is 11.8 Å². The number of thioether (sulfide) groups is 1. The maximum Gasteiger partial charge on any atom is 0.225 e. The number of likely N-dealkylation sites (tertiary alicyclic amines) is 1. The lowest BCUT2D eigenvalue weighted by Gasteiger charge is -2.63. The Morgan fingerprint density at radius 1 is 1.03 bits per heavy atom.